The highest BCUT2D eigenvalue weighted by Gasteiger charge is 2.26. The number of methoxy groups -OCH3 is 1. The smallest absolute Gasteiger partial charge is 0.227 e. The van der Waals surface area contributed by atoms with Crippen molar-refractivity contribution in [2.45, 2.75) is 51.4 Å². The molecule has 1 fully saturated rings. The minimum atomic E-state index is -0.451. The van der Waals surface area contributed by atoms with Crippen molar-refractivity contribution >= 4 is 0 Å². The predicted molar refractivity (Wildman–Crippen MR) is 141 cm³/mol. The van der Waals surface area contributed by atoms with Crippen LogP contribution in [0.15, 0.2) is 67.3 Å². The largest absolute Gasteiger partial charge is 0.493 e. The first-order valence-corrected chi connectivity index (χ1v) is 12.7. The van der Waals surface area contributed by atoms with Gasteiger partial charge in [0, 0.05) is 26.2 Å². The molecule has 0 radical (unpaired) electrons. The first-order valence-electron chi connectivity index (χ1n) is 12.7. The first-order chi connectivity index (χ1) is 17.6. The van der Waals surface area contributed by atoms with Gasteiger partial charge in [-0.25, -0.2) is 4.68 Å². The van der Waals surface area contributed by atoms with E-state index < -0.39 is 6.10 Å². The molecule has 2 aromatic carbocycles. The van der Waals surface area contributed by atoms with Gasteiger partial charge in [0.15, 0.2) is 11.5 Å². The Morgan fingerprint density at radius 1 is 1.19 bits per heavy atom. The molecule has 1 aromatic heterocycles. The van der Waals surface area contributed by atoms with Crippen molar-refractivity contribution < 1.29 is 19.3 Å². The maximum absolute atomic E-state index is 10.7. The molecule has 36 heavy (non-hydrogen) atoms. The van der Waals surface area contributed by atoms with Gasteiger partial charge in [-0.15, -0.1) is 6.58 Å². The maximum atomic E-state index is 10.7. The van der Waals surface area contributed by atoms with E-state index in [2.05, 4.69) is 11.5 Å². The van der Waals surface area contributed by atoms with Crippen molar-refractivity contribution in [3.63, 3.8) is 0 Å². The number of para-hydroxylation sites is 3. The third-order valence-corrected chi connectivity index (χ3v) is 6.45. The molecular weight excluding hydrogens is 454 g/mol. The molecule has 1 saturated heterocycles. The fraction of sp³-hybridized carbons (Fsp3) is 0.414. The van der Waals surface area contributed by atoms with Crippen LogP contribution in [0.4, 0.5) is 0 Å². The van der Waals surface area contributed by atoms with Gasteiger partial charge in [-0.3, -0.25) is 4.90 Å². The molecule has 0 spiro atoms. The number of nitrogens with zero attached hydrogens (tertiary/aromatic N) is 3. The molecule has 1 aliphatic heterocycles. The average molecular weight is 492 g/mol. The molecule has 0 saturated carbocycles. The second-order valence-electron chi connectivity index (χ2n) is 9.22. The van der Waals surface area contributed by atoms with Gasteiger partial charge in [-0.1, -0.05) is 36.4 Å². The Labute approximate surface area is 213 Å². The zero-order valence-electron chi connectivity index (χ0n) is 21.3. The topological polar surface area (TPSA) is 69.0 Å². The normalized spacial score (nSPS) is 16.3. The molecule has 7 nitrogen and oxygen atoms in total. The summed E-state index contributed by atoms with van der Waals surface area (Å²) in [5.41, 5.74) is 2.76. The van der Waals surface area contributed by atoms with Crippen molar-refractivity contribution in [1.82, 2.24) is 14.7 Å². The summed E-state index contributed by atoms with van der Waals surface area (Å²) >= 11 is 0. The van der Waals surface area contributed by atoms with E-state index in [9.17, 15) is 5.11 Å². The molecule has 0 amide bonds. The monoisotopic (exact) mass is 491 g/mol. The highest BCUT2D eigenvalue weighted by Crippen LogP contribution is 2.36. The SMILES string of the molecule is C=CCCC(O)CN(Cc1c(C)nn(-c2ccccc2)c1Oc1ccccc1OC)CC1CCCO1. The number of hydrogen-bond donors (Lipinski definition) is 1. The van der Waals surface area contributed by atoms with E-state index in [1.807, 2.05) is 72.3 Å². The van der Waals surface area contributed by atoms with Gasteiger partial charge in [-0.05, 0) is 56.9 Å². The van der Waals surface area contributed by atoms with Crippen LogP contribution in [-0.2, 0) is 11.3 Å². The Morgan fingerprint density at radius 2 is 1.94 bits per heavy atom. The number of aryl methyl sites for hydroxylation is 1. The molecular formula is C29H37N3O4. The summed E-state index contributed by atoms with van der Waals surface area (Å²) in [6.07, 6.45) is 5.13. The minimum Gasteiger partial charge on any atom is -0.493 e. The van der Waals surface area contributed by atoms with Crippen molar-refractivity contribution in [2.24, 2.45) is 0 Å². The van der Waals surface area contributed by atoms with Crippen LogP contribution in [0, 0.1) is 6.92 Å². The molecule has 4 rings (SSSR count). The zero-order valence-corrected chi connectivity index (χ0v) is 21.3. The molecule has 2 heterocycles. The summed E-state index contributed by atoms with van der Waals surface area (Å²) in [5, 5.41) is 15.6. The van der Waals surface area contributed by atoms with Crippen LogP contribution in [0.1, 0.15) is 36.9 Å². The van der Waals surface area contributed by atoms with Crippen molar-refractivity contribution in [3.05, 3.63) is 78.5 Å². The van der Waals surface area contributed by atoms with Crippen molar-refractivity contribution in [2.75, 3.05) is 26.8 Å². The van der Waals surface area contributed by atoms with E-state index in [0.29, 0.717) is 36.9 Å². The third-order valence-electron chi connectivity index (χ3n) is 6.45. The molecule has 192 valence electrons. The van der Waals surface area contributed by atoms with E-state index in [1.54, 1.807) is 7.11 Å². The summed E-state index contributed by atoms with van der Waals surface area (Å²) in [4.78, 5) is 2.26. The molecule has 2 unspecified atom stereocenters. The molecule has 3 aromatic rings. The highest BCUT2D eigenvalue weighted by molar-refractivity contribution is 5.47. The quantitative estimate of drug-likeness (QED) is 0.328. The summed E-state index contributed by atoms with van der Waals surface area (Å²) in [6.45, 7) is 8.45. The maximum Gasteiger partial charge on any atom is 0.227 e. The van der Waals surface area contributed by atoms with Crippen LogP contribution in [0.3, 0.4) is 0 Å². The summed E-state index contributed by atoms with van der Waals surface area (Å²) in [5.74, 6) is 1.91. The van der Waals surface area contributed by atoms with E-state index in [4.69, 9.17) is 19.3 Å². The number of aliphatic hydroxyl groups excluding tert-OH is 1. The minimum absolute atomic E-state index is 0.166. The zero-order chi connectivity index (χ0) is 25.3. The van der Waals surface area contributed by atoms with Gasteiger partial charge in [0.25, 0.3) is 0 Å². The molecule has 7 heteroatoms. The van der Waals surface area contributed by atoms with E-state index in [-0.39, 0.29) is 6.10 Å². The van der Waals surface area contributed by atoms with Crippen LogP contribution >= 0.6 is 0 Å². The Balaban J connectivity index is 1.69. The van der Waals surface area contributed by atoms with E-state index >= 15 is 0 Å². The number of aromatic nitrogens is 2. The van der Waals surface area contributed by atoms with Crippen LogP contribution in [-0.4, -0.2) is 58.8 Å². The van der Waals surface area contributed by atoms with Crippen LogP contribution in [0.25, 0.3) is 5.69 Å². The molecule has 1 aliphatic rings. The second-order valence-corrected chi connectivity index (χ2v) is 9.22. The van der Waals surface area contributed by atoms with Gasteiger partial charge >= 0.3 is 0 Å². The number of rotatable bonds is 13. The Morgan fingerprint density at radius 3 is 2.64 bits per heavy atom. The Hall–Kier alpha value is -3.13. The van der Waals surface area contributed by atoms with E-state index in [1.165, 1.54) is 0 Å². The van der Waals surface area contributed by atoms with E-state index in [0.717, 1.165) is 49.4 Å². The Kier molecular flexibility index (Phi) is 9.17. The highest BCUT2D eigenvalue weighted by atomic mass is 16.5. The fourth-order valence-corrected chi connectivity index (χ4v) is 4.58. The predicted octanol–water partition coefficient (Wildman–Crippen LogP) is 5.29. The lowest BCUT2D eigenvalue weighted by Gasteiger charge is -2.27. The van der Waals surface area contributed by atoms with Gasteiger partial charge in [0.05, 0.1) is 36.3 Å². The molecule has 1 N–H and O–H groups in total. The average Bonchev–Trinajstić information content (AvgIpc) is 3.52. The number of benzene rings is 2. The summed E-state index contributed by atoms with van der Waals surface area (Å²) in [6, 6.07) is 17.6. The Bertz CT molecular complexity index is 1110. The lowest BCUT2D eigenvalue weighted by molar-refractivity contribution is 0.0442. The first kappa shape index (κ1) is 25.9. The lowest BCUT2D eigenvalue weighted by atomic mass is 10.1. The van der Waals surface area contributed by atoms with Gasteiger partial charge in [0.1, 0.15) is 0 Å². The molecule has 0 aliphatic carbocycles. The molecule has 2 atom stereocenters. The van der Waals surface area contributed by atoms with Crippen LogP contribution in [0.5, 0.6) is 17.4 Å². The van der Waals surface area contributed by atoms with Crippen LogP contribution < -0.4 is 9.47 Å². The van der Waals surface area contributed by atoms with Crippen molar-refractivity contribution in [1.29, 1.82) is 0 Å². The van der Waals surface area contributed by atoms with Crippen LogP contribution in [0.2, 0.25) is 0 Å². The van der Waals surface area contributed by atoms with Crippen molar-refractivity contribution in [3.8, 4) is 23.1 Å². The summed E-state index contributed by atoms with van der Waals surface area (Å²) in [7, 11) is 1.64. The summed E-state index contributed by atoms with van der Waals surface area (Å²) < 4.78 is 19.8. The number of hydrogen-bond acceptors (Lipinski definition) is 6. The van der Waals surface area contributed by atoms with Gasteiger partial charge in [-0.2, -0.15) is 5.10 Å². The number of allylic oxidation sites excluding steroid dienone is 1. The number of aliphatic hydroxyl groups is 1. The fourth-order valence-electron chi connectivity index (χ4n) is 4.58. The number of ether oxygens (including phenoxy) is 3. The van der Waals surface area contributed by atoms with Gasteiger partial charge in [0.2, 0.25) is 5.88 Å². The molecule has 0 bridgehead atoms. The third kappa shape index (κ3) is 6.55. The lowest BCUT2D eigenvalue weighted by Crippen LogP contribution is -2.37. The standard InChI is InChI=1S/C29H37N3O4/c1-4-5-14-24(33)19-31(20-25-15-11-18-35-25)21-26-22(2)30-32(23-12-7-6-8-13-23)29(26)36-28-17-10-9-16-27(28)34-3/h4,6-10,12-13,16-17,24-25,33H,1,5,11,14-15,18-21H2,2-3H3. The van der Waals surface area contributed by atoms with Gasteiger partial charge < -0.3 is 19.3 Å². The second kappa shape index (κ2) is 12.7.